The standard InChI is InChI=1S/C17H36N4O2.HI/c1-15(2)13-21-9-11-23-16(14-21)12-20-17(18-3)19-8-6-5-7-10-22-4;/h15-16H,5-14H2,1-4H3,(H2,18,19,20);1H. The Morgan fingerprint density at radius 3 is 2.75 bits per heavy atom. The maximum atomic E-state index is 5.85. The summed E-state index contributed by atoms with van der Waals surface area (Å²) in [5, 5.41) is 6.74. The van der Waals surface area contributed by atoms with Gasteiger partial charge in [0.05, 0.1) is 12.7 Å². The predicted octanol–water partition coefficient (Wildman–Crippen LogP) is 1.94. The fourth-order valence-corrected chi connectivity index (χ4v) is 2.77. The summed E-state index contributed by atoms with van der Waals surface area (Å²) < 4.78 is 10.9. The van der Waals surface area contributed by atoms with Crippen molar-refractivity contribution < 1.29 is 9.47 Å². The first-order chi connectivity index (χ1) is 11.2. The van der Waals surface area contributed by atoms with E-state index >= 15 is 0 Å². The molecule has 1 atom stereocenters. The third kappa shape index (κ3) is 11.4. The Hall–Kier alpha value is -0.120. The van der Waals surface area contributed by atoms with Crippen LogP contribution in [0.25, 0.3) is 0 Å². The third-order valence-electron chi connectivity index (χ3n) is 3.88. The molecule has 1 saturated heterocycles. The average Bonchev–Trinajstić information content (AvgIpc) is 2.53. The van der Waals surface area contributed by atoms with Gasteiger partial charge in [-0.25, -0.2) is 0 Å². The first-order valence-corrected chi connectivity index (χ1v) is 8.93. The molecule has 24 heavy (non-hydrogen) atoms. The first-order valence-electron chi connectivity index (χ1n) is 8.93. The van der Waals surface area contributed by atoms with E-state index in [0.29, 0.717) is 5.92 Å². The summed E-state index contributed by atoms with van der Waals surface area (Å²) in [5.41, 5.74) is 0. The number of hydrogen-bond donors (Lipinski definition) is 2. The molecule has 0 saturated carbocycles. The number of morpholine rings is 1. The molecule has 0 aromatic carbocycles. The molecule has 0 bridgehead atoms. The summed E-state index contributed by atoms with van der Waals surface area (Å²) in [4.78, 5) is 6.77. The number of guanidine groups is 1. The number of nitrogens with one attached hydrogen (secondary N) is 2. The van der Waals surface area contributed by atoms with Crippen LogP contribution in [0.5, 0.6) is 0 Å². The van der Waals surface area contributed by atoms with E-state index in [-0.39, 0.29) is 30.1 Å². The normalized spacial score (nSPS) is 19.2. The smallest absolute Gasteiger partial charge is 0.191 e. The Morgan fingerprint density at radius 1 is 1.29 bits per heavy atom. The molecule has 2 N–H and O–H groups in total. The lowest BCUT2D eigenvalue weighted by molar-refractivity contribution is -0.0284. The number of aliphatic imine (C=N–C) groups is 1. The van der Waals surface area contributed by atoms with Crippen molar-refractivity contribution in [2.45, 2.75) is 39.2 Å². The van der Waals surface area contributed by atoms with E-state index in [4.69, 9.17) is 9.47 Å². The highest BCUT2D eigenvalue weighted by molar-refractivity contribution is 14.0. The SMILES string of the molecule is CN=C(NCCCCCOC)NCC1CN(CC(C)C)CCO1.I. The molecule has 0 amide bonds. The summed E-state index contributed by atoms with van der Waals surface area (Å²) in [6.45, 7) is 11.1. The number of halogens is 1. The van der Waals surface area contributed by atoms with E-state index in [9.17, 15) is 0 Å². The van der Waals surface area contributed by atoms with Crippen LogP contribution in [0.15, 0.2) is 4.99 Å². The molecule has 0 aromatic heterocycles. The van der Waals surface area contributed by atoms with Crippen molar-refractivity contribution in [1.29, 1.82) is 0 Å². The van der Waals surface area contributed by atoms with E-state index in [1.165, 1.54) is 6.42 Å². The van der Waals surface area contributed by atoms with Gasteiger partial charge in [-0.1, -0.05) is 13.8 Å². The van der Waals surface area contributed by atoms with Crippen molar-refractivity contribution in [3.63, 3.8) is 0 Å². The van der Waals surface area contributed by atoms with Crippen LogP contribution in [0.4, 0.5) is 0 Å². The number of ether oxygens (including phenoxy) is 2. The Morgan fingerprint density at radius 2 is 2.08 bits per heavy atom. The molecule has 1 rings (SSSR count). The van der Waals surface area contributed by atoms with E-state index in [1.54, 1.807) is 7.11 Å². The lowest BCUT2D eigenvalue weighted by Crippen LogP contribution is -2.50. The van der Waals surface area contributed by atoms with Crippen LogP contribution in [0.2, 0.25) is 0 Å². The Balaban J connectivity index is 0.00000529. The molecular weight excluding hydrogens is 419 g/mol. The van der Waals surface area contributed by atoms with Crippen molar-refractivity contribution in [3.8, 4) is 0 Å². The predicted molar refractivity (Wildman–Crippen MR) is 112 cm³/mol. The van der Waals surface area contributed by atoms with Gasteiger partial charge in [-0.15, -0.1) is 24.0 Å². The van der Waals surface area contributed by atoms with Gasteiger partial charge >= 0.3 is 0 Å². The Labute approximate surface area is 165 Å². The molecule has 0 radical (unpaired) electrons. The van der Waals surface area contributed by atoms with Gasteiger partial charge in [0, 0.05) is 53.5 Å². The van der Waals surface area contributed by atoms with Crippen LogP contribution in [-0.4, -0.2) is 77.1 Å². The van der Waals surface area contributed by atoms with Gasteiger partial charge in [0.1, 0.15) is 0 Å². The number of nitrogens with zero attached hydrogens (tertiary/aromatic N) is 2. The highest BCUT2D eigenvalue weighted by Crippen LogP contribution is 2.07. The Bertz CT molecular complexity index is 330. The summed E-state index contributed by atoms with van der Waals surface area (Å²) in [6.07, 6.45) is 3.66. The van der Waals surface area contributed by atoms with E-state index < -0.39 is 0 Å². The molecule has 0 aliphatic carbocycles. The highest BCUT2D eigenvalue weighted by Gasteiger charge is 2.20. The second-order valence-electron chi connectivity index (χ2n) is 6.58. The van der Waals surface area contributed by atoms with Crippen LogP contribution >= 0.6 is 24.0 Å². The zero-order chi connectivity index (χ0) is 16.9. The monoisotopic (exact) mass is 456 g/mol. The van der Waals surface area contributed by atoms with Crippen LogP contribution in [0, 0.1) is 5.92 Å². The maximum Gasteiger partial charge on any atom is 0.191 e. The van der Waals surface area contributed by atoms with Gasteiger partial charge < -0.3 is 20.1 Å². The van der Waals surface area contributed by atoms with Crippen molar-refractivity contribution in [2.24, 2.45) is 10.9 Å². The number of hydrogen-bond acceptors (Lipinski definition) is 4. The maximum absolute atomic E-state index is 5.85. The largest absolute Gasteiger partial charge is 0.385 e. The molecule has 1 aliphatic rings. The van der Waals surface area contributed by atoms with Crippen LogP contribution in [0.3, 0.4) is 0 Å². The van der Waals surface area contributed by atoms with Crippen LogP contribution in [0.1, 0.15) is 33.1 Å². The van der Waals surface area contributed by atoms with Crippen molar-refractivity contribution in [1.82, 2.24) is 15.5 Å². The minimum absolute atomic E-state index is 0. The third-order valence-corrected chi connectivity index (χ3v) is 3.88. The minimum Gasteiger partial charge on any atom is -0.385 e. The molecule has 0 spiro atoms. The molecule has 0 aromatic rings. The van der Waals surface area contributed by atoms with E-state index in [0.717, 1.165) is 64.7 Å². The average molecular weight is 456 g/mol. The fourth-order valence-electron chi connectivity index (χ4n) is 2.77. The van der Waals surface area contributed by atoms with Crippen molar-refractivity contribution in [2.75, 3.05) is 60.1 Å². The lowest BCUT2D eigenvalue weighted by Gasteiger charge is -2.34. The van der Waals surface area contributed by atoms with Gasteiger partial charge in [-0.05, 0) is 25.2 Å². The van der Waals surface area contributed by atoms with Gasteiger partial charge in [0.15, 0.2) is 5.96 Å². The summed E-state index contributed by atoms with van der Waals surface area (Å²) in [7, 11) is 3.56. The van der Waals surface area contributed by atoms with Crippen LogP contribution < -0.4 is 10.6 Å². The second-order valence-corrected chi connectivity index (χ2v) is 6.58. The summed E-state index contributed by atoms with van der Waals surface area (Å²) in [6, 6.07) is 0. The van der Waals surface area contributed by atoms with E-state index in [2.05, 4.69) is 34.4 Å². The van der Waals surface area contributed by atoms with Gasteiger partial charge in [-0.2, -0.15) is 0 Å². The quantitative estimate of drug-likeness (QED) is 0.228. The van der Waals surface area contributed by atoms with Gasteiger partial charge in [0.2, 0.25) is 0 Å². The van der Waals surface area contributed by atoms with Gasteiger partial charge in [-0.3, -0.25) is 9.89 Å². The van der Waals surface area contributed by atoms with Gasteiger partial charge in [0.25, 0.3) is 0 Å². The van der Waals surface area contributed by atoms with Crippen molar-refractivity contribution >= 4 is 29.9 Å². The van der Waals surface area contributed by atoms with E-state index in [1.807, 2.05) is 7.05 Å². The Kier molecular flexibility index (Phi) is 15.1. The number of methoxy groups -OCH3 is 1. The lowest BCUT2D eigenvalue weighted by atomic mass is 10.2. The summed E-state index contributed by atoms with van der Waals surface area (Å²) in [5.74, 6) is 1.57. The zero-order valence-electron chi connectivity index (χ0n) is 15.8. The molecule has 144 valence electrons. The molecule has 6 nitrogen and oxygen atoms in total. The molecular formula is C17H37IN4O2. The highest BCUT2D eigenvalue weighted by atomic mass is 127. The topological polar surface area (TPSA) is 58.1 Å². The molecule has 7 heteroatoms. The molecule has 1 heterocycles. The first kappa shape index (κ1) is 23.9. The molecule has 1 unspecified atom stereocenters. The number of unbranched alkanes of at least 4 members (excludes halogenated alkanes) is 2. The van der Waals surface area contributed by atoms with Crippen molar-refractivity contribution in [3.05, 3.63) is 0 Å². The van der Waals surface area contributed by atoms with Crippen LogP contribution in [-0.2, 0) is 9.47 Å². The second kappa shape index (κ2) is 15.2. The fraction of sp³-hybridized carbons (Fsp3) is 0.941. The molecule has 1 fully saturated rings. The molecule has 1 aliphatic heterocycles. The minimum atomic E-state index is 0. The number of rotatable bonds is 10. The zero-order valence-corrected chi connectivity index (χ0v) is 18.2. The summed E-state index contributed by atoms with van der Waals surface area (Å²) >= 11 is 0.